The van der Waals surface area contributed by atoms with Gasteiger partial charge in [-0.2, -0.15) is 5.10 Å². The molecule has 1 aliphatic rings. The molecule has 0 bridgehead atoms. The summed E-state index contributed by atoms with van der Waals surface area (Å²) in [4.78, 5) is 9.10. The van der Waals surface area contributed by atoms with Gasteiger partial charge in [-0.05, 0) is 50.5 Å². The average Bonchev–Trinajstić information content (AvgIpc) is 3.46. The molecule has 2 heterocycles. The lowest BCUT2D eigenvalue weighted by Crippen LogP contribution is -2.38. The summed E-state index contributed by atoms with van der Waals surface area (Å²) in [5.41, 5.74) is 0.926. The van der Waals surface area contributed by atoms with E-state index in [1.54, 1.807) is 7.11 Å². The maximum Gasteiger partial charge on any atom is 0.191 e. The Hall–Kier alpha value is -1.92. The molecule has 0 saturated carbocycles. The first kappa shape index (κ1) is 25.3. The first-order chi connectivity index (χ1) is 14.8. The van der Waals surface area contributed by atoms with Crippen LogP contribution in [0, 0.1) is 0 Å². The molecule has 1 aromatic carbocycles. The van der Waals surface area contributed by atoms with E-state index in [9.17, 15) is 0 Å². The third-order valence-corrected chi connectivity index (χ3v) is 4.70. The van der Waals surface area contributed by atoms with Gasteiger partial charge in [-0.1, -0.05) is 0 Å². The van der Waals surface area contributed by atoms with Crippen LogP contribution in [0.1, 0.15) is 32.0 Å². The molecule has 10 heteroatoms. The van der Waals surface area contributed by atoms with Gasteiger partial charge < -0.3 is 24.8 Å². The number of aliphatic imine (C=N–C) groups is 1. The van der Waals surface area contributed by atoms with Crippen molar-refractivity contribution < 1.29 is 14.2 Å². The third kappa shape index (κ3) is 8.62. The number of H-pyrrole nitrogens is 1. The predicted molar refractivity (Wildman–Crippen MR) is 131 cm³/mol. The standard InChI is InChI=1S/C21H32N6O3.HI/c1-3-22-21(23-11-5-12-29-15-18-6-4-13-30-18)24-14-19-25-20(27-26-19)16-7-9-17(28-2)10-8-16;/h7-10,18H,3-6,11-15H2,1-2H3,(H2,22,23,24)(H,25,26,27);1H. The van der Waals surface area contributed by atoms with Crippen molar-refractivity contribution in [2.24, 2.45) is 4.99 Å². The number of rotatable bonds is 11. The van der Waals surface area contributed by atoms with Crippen molar-refractivity contribution in [2.45, 2.75) is 38.8 Å². The van der Waals surface area contributed by atoms with Gasteiger partial charge in [0.15, 0.2) is 11.8 Å². The van der Waals surface area contributed by atoms with Crippen molar-refractivity contribution in [3.05, 3.63) is 30.1 Å². The van der Waals surface area contributed by atoms with E-state index in [0.717, 1.165) is 56.2 Å². The van der Waals surface area contributed by atoms with Gasteiger partial charge in [-0.15, -0.1) is 24.0 Å². The van der Waals surface area contributed by atoms with Gasteiger partial charge in [-0.3, -0.25) is 5.10 Å². The maximum atomic E-state index is 5.69. The summed E-state index contributed by atoms with van der Waals surface area (Å²) in [6.45, 7) is 6.28. The van der Waals surface area contributed by atoms with E-state index in [0.29, 0.717) is 31.4 Å². The van der Waals surface area contributed by atoms with Crippen LogP contribution in [0.3, 0.4) is 0 Å². The number of methoxy groups -OCH3 is 1. The van der Waals surface area contributed by atoms with E-state index in [-0.39, 0.29) is 30.1 Å². The van der Waals surface area contributed by atoms with E-state index in [2.05, 4.69) is 30.8 Å². The molecule has 1 aromatic heterocycles. The minimum Gasteiger partial charge on any atom is -0.497 e. The number of ether oxygens (including phenoxy) is 3. The third-order valence-electron chi connectivity index (χ3n) is 4.70. The number of hydrogen-bond donors (Lipinski definition) is 3. The van der Waals surface area contributed by atoms with Crippen molar-refractivity contribution in [3.8, 4) is 17.1 Å². The molecule has 1 aliphatic heterocycles. The van der Waals surface area contributed by atoms with E-state index in [1.807, 2.05) is 31.2 Å². The molecule has 1 fully saturated rings. The van der Waals surface area contributed by atoms with Crippen LogP contribution in [0.15, 0.2) is 29.3 Å². The highest BCUT2D eigenvalue weighted by molar-refractivity contribution is 14.0. The number of guanidine groups is 1. The summed E-state index contributed by atoms with van der Waals surface area (Å²) in [6, 6.07) is 7.64. The summed E-state index contributed by atoms with van der Waals surface area (Å²) in [5.74, 6) is 2.90. The van der Waals surface area contributed by atoms with Crippen molar-refractivity contribution in [2.75, 3.05) is 40.0 Å². The number of aromatic nitrogens is 3. The zero-order valence-electron chi connectivity index (χ0n) is 18.2. The fraction of sp³-hybridized carbons (Fsp3) is 0.571. The highest BCUT2D eigenvalue weighted by Crippen LogP contribution is 2.19. The Balaban J connectivity index is 0.00000341. The molecular weight excluding hydrogens is 511 g/mol. The lowest BCUT2D eigenvalue weighted by Gasteiger charge is -2.12. The fourth-order valence-electron chi connectivity index (χ4n) is 3.10. The number of nitrogens with zero attached hydrogens (tertiary/aromatic N) is 3. The maximum absolute atomic E-state index is 5.69. The summed E-state index contributed by atoms with van der Waals surface area (Å²) in [7, 11) is 1.65. The summed E-state index contributed by atoms with van der Waals surface area (Å²) in [6.07, 6.45) is 3.44. The number of aromatic amines is 1. The normalized spacial score (nSPS) is 16.1. The molecule has 0 spiro atoms. The first-order valence-electron chi connectivity index (χ1n) is 10.6. The molecule has 3 rings (SSSR count). The van der Waals surface area contributed by atoms with E-state index in [4.69, 9.17) is 14.2 Å². The smallest absolute Gasteiger partial charge is 0.191 e. The Morgan fingerprint density at radius 3 is 2.84 bits per heavy atom. The zero-order valence-corrected chi connectivity index (χ0v) is 20.6. The molecule has 31 heavy (non-hydrogen) atoms. The van der Waals surface area contributed by atoms with Crippen LogP contribution < -0.4 is 15.4 Å². The second kappa shape index (κ2) is 14.2. The molecule has 9 nitrogen and oxygen atoms in total. The van der Waals surface area contributed by atoms with Gasteiger partial charge in [0, 0.05) is 31.9 Å². The molecule has 0 radical (unpaired) electrons. The Labute approximate surface area is 200 Å². The molecule has 0 aliphatic carbocycles. The first-order valence-corrected chi connectivity index (χ1v) is 10.6. The number of halogens is 1. The highest BCUT2D eigenvalue weighted by Gasteiger charge is 2.14. The Morgan fingerprint density at radius 2 is 2.13 bits per heavy atom. The minimum atomic E-state index is 0. The molecule has 0 amide bonds. The van der Waals surface area contributed by atoms with Gasteiger partial charge in [0.05, 0.1) is 19.8 Å². The van der Waals surface area contributed by atoms with Crippen LogP contribution in [0.5, 0.6) is 5.75 Å². The predicted octanol–water partition coefficient (Wildman–Crippen LogP) is 2.74. The second-order valence-corrected chi connectivity index (χ2v) is 7.02. The van der Waals surface area contributed by atoms with E-state index >= 15 is 0 Å². The number of benzene rings is 1. The molecular formula is C21H33IN6O3. The lowest BCUT2D eigenvalue weighted by atomic mass is 10.2. The fourth-order valence-corrected chi connectivity index (χ4v) is 3.10. The summed E-state index contributed by atoms with van der Waals surface area (Å²) < 4.78 is 16.4. The SMILES string of the molecule is CCNC(=NCc1nc(-c2ccc(OC)cc2)n[nH]1)NCCCOCC1CCCO1.I. The minimum absolute atomic E-state index is 0. The van der Waals surface area contributed by atoms with Crippen LogP contribution in [0.4, 0.5) is 0 Å². The molecule has 2 aromatic rings. The summed E-state index contributed by atoms with van der Waals surface area (Å²) >= 11 is 0. The largest absolute Gasteiger partial charge is 0.497 e. The Bertz CT molecular complexity index is 778. The van der Waals surface area contributed by atoms with Gasteiger partial charge in [0.2, 0.25) is 0 Å². The van der Waals surface area contributed by atoms with Crippen LogP contribution >= 0.6 is 24.0 Å². The molecule has 1 atom stereocenters. The van der Waals surface area contributed by atoms with Gasteiger partial charge >= 0.3 is 0 Å². The molecule has 1 saturated heterocycles. The zero-order chi connectivity index (χ0) is 21.0. The molecule has 3 N–H and O–H groups in total. The van der Waals surface area contributed by atoms with Crippen molar-refractivity contribution >= 4 is 29.9 Å². The Kier molecular flexibility index (Phi) is 11.6. The summed E-state index contributed by atoms with van der Waals surface area (Å²) in [5, 5.41) is 13.8. The highest BCUT2D eigenvalue weighted by atomic mass is 127. The monoisotopic (exact) mass is 544 g/mol. The molecule has 1 unspecified atom stereocenters. The lowest BCUT2D eigenvalue weighted by molar-refractivity contribution is 0.0168. The van der Waals surface area contributed by atoms with Gasteiger partial charge in [0.25, 0.3) is 0 Å². The Morgan fingerprint density at radius 1 is 1.29 bits per heavy atom. The number of hydrogen-bond acceptors (Lipinski definition) is 6. The molecule has 172 valence electrons. The van der Waals surface area contributed by atoms with E-state index in [1.165, 1.54) is 0 Å². The van der Waals surface area contributed by atoms with Crippen LogP contribution in [0.2, 0.25) is 0 Å². The van der Waals surface area contributed by atoms with Crippen LogP contribution in [0.25, 0.3) is 11.4 Å². The second-order valence-electron chi connectivity index (χ2n) is 7.02. The quantitative estimate of drug-likeness (QED) is 0.173. The van der Waals surface area contributed by atoms with Gasteiger partial charge in [-0.25, -0.2) is 9.98 Å². The average molecular weight is 544 g/mol. The van der Waals surface area contributed by atoms with Crippen molar-refractivity contribution in [3.63, 3.8) is 0 Å². The number of nitrogens with one attached hydrogen (secondary N) is 3. The van der Waals surface area contributed by atoms with E-state index < -0.39 is 0 Å². The topological polar surface area (TPSA) is 106 Å². The van der Waals surface area contributed by atoms with Crippen LogP contribution in [-0.2, 0) is 16.0 Å². The van der Waals surface area contributed by atoms with Gasteiger partial charge in [0.1, 0.15) is 18.1 Å². The van der Waals surface area contributed by atoms with Crippen molar-refractivity contribution in [1.82, 2.24) is 25.8 Å². The van der Waals surface area contributed by atoms with Crippen LogP contribution in [-0.4, -0.2) is 67.3 Å². The van der Waals surface area contributed by atoms with Crippen molar-refractivity contribution in [1.29, 1.82) is 0 Å².